The molecule has 0 spiro atoms. The van der Waals surface area contributed by atoms with Gasteiger partial charge in [0.15, 0.2) is 5.69 Å². The Kier molecular flexibility index (Phi) is 9.98. The second kappa shape index (κ2) is 12.9. The average Bonchev–Trinajstić information content (AvgIpc) is 3.24. The van der Waals surface area contributed by atoms with Gasteiger partial charge in [-0.1, -0.05) is 31.2 Å². The van der Waals surface area contributed by atoms with Crippen LogP contribution in [0.4, 0.5) is 4.39 Å². The number of carbonyl (C=O) groups is 1. The van der Waals surface area contributed by atoms with Gasteiger partial charge in [-0.15, -0.1) is 5.10 Å². The minimum Gasteiger partial charge on any atom is -0.385 e. The quantitative estimate of drug-likeness (QED) is 0.475. The van der Waals surface area contributed by atoms with Gasteiger partial charge in [-0.25, -0.2) is 9.07 Å². The summed E-state index contributed by atoms with van der Waals surface area (Å²) in [5.41, 5.74) is 1.23. The highest BCUT2D eigenvalue weighted by Gasteiger charge is 2.33. The number of nitrogens with one attached hydrogen (secondary N) is 1. The Labute approximate surface area is 201 Å². The smallest absolute Gasteiger partial charge is 0.276 e. The number of halogens is 1. The first-order chi connectivity index (χ1) is 16.5. The van der Waals surface area contributed by atoms with E-state index >= 15 is 0 Å². The molecule has 1 aliphatic heterocycles. The van der Waals surface area contributed by atoms with E-state index in [-0.39, 0.29) is 11.9 Å². The summed E-state index contributed by atoms with van der Waals surface area (Å²) in [7, 11) is 3.37. The molecule has 8 nitrogen and oxygen atoms in total. The summed E-state index contributed by atoms with van der Waals surface area (Å²) >= 11 is 0. The number of hydrogen-bond acceptors (Lipinski definition) is 6. The van der Waals surface area contributed by atoms with Crippen LogP contribution >= 0.6 is 0 Å². The summed E-state index contributed by atoms with van der Waals surface area (Å²) in [6.07, 6.45) is 3.02. The molecule has 1 aromatic heterocycles. The molecular weight excluding hydrogens is 437 g/mol. The Hall–Kier alpha value is -2.36. The SMILES string of the molecule is COCCCCc1c(C(=O)N(CC(C)C)[C@@H]2CNC[C@H](COC)C2)nnn1-c1ccccc1F. The van der Waals surface area contributed by atoms with Crippen molar-refractivity contribution >= 4 is 5.91 Å². The maximum absolute atomic E-state index is 14.6. The summed E-state index contributed by atoms with van der Waals surface area (Å²) in [6, 6.07) is 6.47. The molecule has 2 heterocycles. The van der Waals surface area contributed by atoms with Gasteiger partial charge in [-0.05, 0) is 49.7 Å². The fourth-order valence-corrected chi connectivity index (χ4v) is 4.58. The van der Waals surface area contributed by atoms with E-state index in [1.165, 1.54) is 10.7 Å². The maximum atomic E-state index is 14.6. The molecule has 2 aromatic rings. The Morgan fingerprint density at radius 2 is 2.03 bits per heavy atom. The third kappa shape index (κ3) is 6.61. The number of para-hydroxylation sites is 1. The average molecular weight is 476 g/mol. The van der Waals surface area contributed by atoms with E-state index in [9.17, 15) is 9.18 Å². The van der Waals surface area contributed by atoms with E-state index in [4.69, 9.17) is 9.47 Å². The summed E-state index contributed by atoms with van der Waals surface area (Å²) in [6.45, 7) is 7.70. The van der Waals surface area contributed by atoms with Crippen molar-refractivity contribution in [3.63, 3.8) is 0 Å². The molecule has 0 aliphatic carbocycles. The monoisotopic (exact) mass is 475 g/mol. The minimum atomic E-state index is -0.400. The van der Waals surface area contributed by atoms with Gasteiger partial charge in [0.25, 0.3) is 5.91 Å². The molecule has 2 atom stereocenters. The molecule has 188 valence electrons. The number of methoxy groups -OCH3 is 2. The van der Waals surface area contributed by atoms with Gasteiger partial charge in [-0.3, -0.25) is 4.79 Å². The minimum absolute atomic E-state index is 0.0313. The van der Waals surface area contributed by atoms with Crippen LogP contribution in [0.25, 0.3) is 5.69 Å². The first kappa shape index (κ1) is 26.2. The van der Waals surface area contributed by atoms with Gasteiger partial charge in [0.05, 0.1) is 12.3 Å². The number of nitrogens with zero attached hydrogens (tertiary/aromatic N) is 4. The predicted molar refractivity (Wildman–Crippen MR) is 129 cm³/mol. The predicted octanol–water partition coefficient (Wildman–Crippen LogP) is 3.10. The summed E-state index contributed by atoms with van der Waals surface area (Å²) in [4.78, 5) is 15.8. The number of benzene rings is 1. The largest absolute Gasteiger partial charge is 0.385 e. The highest BCUT2D eigenvalue weighted by atomic mass is 19.1. The Balaban J connectivity index is 1.94. The van der Waals surface area contributed by atoms with E-state index in [1.54, 1.807) is 32.4 Å². The second-order valence-corrected chi connectivity index (χ2v) is 9.42. The van der Waals surface area contributed by atoms with Gasteiger partial charge in [0.1, 0.15) is 11.5 Å². The fraction of sp³-hybridized carbons (Fsp3) is 0.640. The summed E-state index contributed by atoms with van der Waals surface area (Å²) < 4.78 is 26.6. The molecule has 1 saturated heterocycles. The van der Waals surface area contributed by atoms with Crippen LogP contribution in [0.1, 0.15) is 49.3 Å². The second-order valence-electron chi connectivity index (χ2n) is 9.42. The molecule has 1 aliphatic rings. The highest BCUT2D eigenvalue weighted by molar-refractivity contribution is 5.93. The Bertz CT molecular complexity index is 918. The van der Waals surface area contributed by atoms with Crippen molar-refractivity contribution in [2.24, 2.45) is 11.8 Å². The normalized spacial score (nSPS) is 18.4. The first-order valence-corrected chi connectivity index (χ1v) is 12.1. The zero-order chi connectivity index (χ0) is 24.5. The molecule has 0 bridgehead atoms. The van der Waals surface area contributed by atoms with E-state index in [1.807, 2.05) is 4.90 Å². The number of rotatable bonds is 12. The lowest BCUT2D eigenvalue weighted by Gasteiger charge is -2.38. The van der Waals surface area contributed by atoms with Gasteiger partial charge < -0.3 is 19.7 Å². The van der Waals surface area contributed by atoms with Crippen molar-refractivity contribution in [1.29, 1.82) is 0 Å². The number of unbranched alkanes of at least 4 members (excludes halogenated alkanes) is 1. The zero-order valence-corrected chi connectivity index (χ0v) is 20.8. The Morgan fingerprint density at radius 3 is 2.74 bits per heavy atom. The molecule has 0 saturated carbocycles. The molecule has 1 aromatic carbocycles. The zero-order valence-electron chi connectivity index (χ0n) is 20.8. The van der Waals surface area contributed by atoms with Crippen LogP contribution in [0.5, 0.6) is 0 Å². The number of aromatic nitrogens is 3. The van der Waals surface area contributed by atoms with Crippen LogP contribution < -0.4 is 5.32 Å². The van der Waals surface area contributed by atoms with Crippen LogP contribution in [0.15, 0.2) is 24.3 Å². The van der Waals surface area contributed by atoms with E-state index in [2.05, 4.69) is 29.5 Å². The van der Waals surface area contributed by atoms with Gasteiger partial charge >= 0.3 is 0 Å². The van der Waals surface area contributed by atoms with Gasteiger partial charge in [0, 0.05) is 46.5 Å². The lowest BCUT2D eigenvalue weighted by Crippen LogP contribution is -2.53. The molecule has 0 radical (unpaired) electrons. The lowest BCUT2D eigenvalue weighted by atomic mass is 9.94. The van der Waals surface area contributed by atoms with Crippen LogP contribution in [0, 0.1) is 17.7 Å². The van der Waals surface area contributed by atoms with E-state index < -0.39 is 5.82 Å². The van der Waals surface area contributed by atoms with Crippen LogP contribution in [0.3, 0.4) is 0 Å². The van der Waals surface area contributed by atoms with E-state index in [0.717, 1.165) is 32.4 Å². The van der Waals surface area contributed by atoms with E-state index in [0.29, 0.717) is 55.1 Å². The van der Waals surface area contributed by atoms with Crippen molar-refractivity contribution in [2.45, 2.75) is 45.6 Å². The Morgan fingerprint density at radius 1 is 1.24 bits per heavy atom. The fourth-order valence-electron chi connectivity index (χ4n) is 4.58. The number of piperidine rings is 1. The molecule has 9 heteroatoms. The number of ether oxygens (including phenoxy) is 2. The molecule has 3 rings (SSSR count). The highest BCUT2D eigenvalue weighted by Crippen LogP contribution is 2.23. The maximum Gasteiger partial charge on any atom is 0.276 e. The van der Waals surface area contributed by atoms with Crippen LogP contribution in [0.2, 0.25) is 0 Å². The molecule has 0 unspecified atom stereocenters. The van der Waals surface area contributed by atoms with Crippen molar-refractivity contribution < 1.29 is 18.7 Å². The number of amides is 1. The molecule has 34 heavy (non-hydrogen) atoms. The number of carbonyl (C=O) groups excluding carboxylic acids is 1. The molecule has 1 amide bonds. The van der Waals surface area contributed by atoms with Crippen molar-refractivity contribution in [2.75, 3.05) is 47.1 Å². The molecular formula is C25H38FN5O3. The third-order valence-corrected chi connectivity index (χ3v) is 6.14. The summed E-state index contributed by atoms with van der Waals surface area (Å²) in [5.74, 6) is 0.0812. The van der Waals surface area contributed by atoms with Crippen molar-refractivity contribution in [3.05, 3.63) is 41.5 Å². The topological polar surface area (TPSA) is 81.5 Å². The molecule has 1 fully saturated rings. The van der Waals surface area contributed by atoms with Crippen molar-refractivity contribution in [3.8, 4) is 5.69 Å². The van der Waals surface area contributed by atoms with Gasteiger partial charge in [-0.2, -0.15) is 0 Å². The first-order valence-electron chi connectivity index (χ1n) is 12.1. The molecule has 1 N–H and O–H groups in total. The van der Waals surface area contributed by atoms with Gasteiger partial charge in [0.2, 0.25) is 0 Å². The third-order valence-electron chi connectivity index (χ3n) is 6.14. The standard InChI is InChI=1S/C25H38FN5O3/c1-18(2)16-30(20-13-19(17-34-4)14-27-15-20)25(32)24-23(11-7-8-12-33-3)31(29-28-24)22-10-6-5-9-21(22)26/h5-6,9-10,18-20,27H,7-8,11-17H2,1-4H3/t19-,20+/m1/s1. The van der Waals surface area contributed by atoms with Crippen molar-refractivity contribution in [1.82, 2.24) is 25.2 Å². The summed E-state index contributed by atoms with van der Waals surface area (Å²) in [5, 5.41) is 12.0. The van der Waals surface area contributed by atoms with Crippen LogP contribution in [-0.4, -0.2) is 78.9 Å². The lowest BCUT2D eigenvalue weighted by molar-refractivity contribution is 0.0517. The number of hydrogen-bond donors (Lipinski definition) is 1. The van der Waals surface area contributed by atoms with Crippen LogP contribution in [-0.2, 0) is 15.9 Å².